The molecule has 0 radical (unpaired) electrons. The lowest BCUT2D eigenvalue weighted by atomic mass is 9.91. The predicted molar refractivity (Wildman–Crippen MR) is 157 cm³/mol. The summed E-state index contributed by atoms with van der Waals surface area (Å²) in [6.45, 7) is 2.62. The second-order valence-electron chi connectivity index (χ2n) is 9.54. The molecule has 1 unspecified atom stereocenters. The Morgan fingerprint density at radius 1 is 1.00 bits per heavy atom. The molecule has 0 bridgehead atoms. The van der Waals surface area contributed by atoms with Gasteiger partial charge in [-0.2, -0.15) is 0 Å². The van der Waals surface area contributed by atoms with E-state index in [2.05, 4.69) is 30.9 Å². The standard InChI is InChI=1S/C27H27BrCl2N4O4S/c1-16(26(31)35)32-27(36)20-10-21(28)12-24(11-20)33-39(37,38)15-17-13-34(14-17)25(18-2-6-22(29)7-3-18)19-4-8-23(30)9-5-19/h2-12,16-17,25,33H,13-15H2,1H3,(H2,31,35)(H,32,36). The number of hydrogen-bond donors (Lipinski definition) is 3. The van der Waals surface area contributed by atoms with Crippen molar-refractivity contribution < 1.29 is 18.0 Å². The molecule has 3 aromatic carbocycles. The summed E-state index contributed by atoms with van der Waals surface area (Å²) in [7, 11) is -3.72. The number of nitrogens with two attached hydrogens (primary N) is 1. The topological polar surface area (TPSA) is 122 Å². The number of carbonyl (C=O) groups excluding carboxylic acids is 2. The monoisotopic (exact) mass is 652 g/mol. The Morgan fingerprint density at radius 2 is 1.54 bits per heavy atom. The number of primary amides is 1. The van der Waals surface area contributed by atoms with Crippen LogP contribution in [0.25, 0.3) is 0 Å². The maximum absolute atomic E-state index is 13.0. The van der Waals surface area contributed by atoms with Gasteiger partial charge in [-0.3, -0.25) is 19.2 Å². The first-order chi connectivity index (χ1) is 18.4. The number of nitrogens with zero attached hydrogens (tertiary/aromatic N) is 1. The van der Waals surface area contributed by atoms with Crippen LogP contribution in [0.2, 0.25) is 10.0 Å². The van der Waals surface area contributed by atoms with Crippen LogP contribution in [0, 0.1) is 5.92 Å². The molecule has 1 aliphatic rings. The van der Waals surface area contributed by atoms with Gasteiger partial charge in [0.1, 0.15) is 6.04 Å². The summed E-state index contributed by atoms with van der Waals surface area (Å²) in [5, 5.41) is 3.76. The van der Waals surface area contributed by atoms with Crippen molar-refractivity contribution in [2.45, 2.75) is 19.0 Å². The van der Waals surface area contributed by atoms with E-state index in [0.717, 1.165) is 11.1 Å². The van der Waals surface area contributed by atoms with Crippen molar-refractivity contribution in [2.24, 2.45) is 11.7 Å². The number of hydrogen-bond acceptors (Lipinski definition) is 5. The Hall–Kier alpha value is -2.63. The van der Waals surface area contributed by atoms with Gasteiger partial charge < -0.3 is 11.1 Å². The minimum Gasteiger partial charge on any atom is -0.368 e. The van der Waals surface area contributed by atoms with Gasteiger partial charge in [0.05, 0.1) is 17.5 Å². The van der Waals surface area contributed by atoms with Crippen LogP contribution in [-0.2, 0) is 14.8 Å². The summed E-state index contributed by atoms with van der Waals surface area (Å²) in [5.41, 5.74) is 7.72. The highest BCUT2D eigenvalue weighted by Crippen LogP contribution is 2.36. The molecule has 1 atom stereocenters. The Balaban J connectivity index is 1.43. The van der Waals surface area contributed by atoms with Crippen molar-refractivity contribution in [3.8, 4) is 0 Å². The summed E-state index contributed by atoms with van der Waals surface area (Å²) in [6.07, 6.45) is 0. The number of sulfonamides is 1. The van der Waals surface area contributed by atoms with Crippen LogP contribution in [0.15, 0.2) is 71.2 Å². The summed E-state index contributed by atoms with van der Waals surface area (Å²) in [4.78, 5) is 26.0. The SMILES string of the molecule is CC(NC(=O)c1cc(Br)cc(NS(=O)(=O)CC2CN(C(c3ccc(Cl)cc3)c3ccc(Cl)cc3)C2)c1)C(N)=O. The number of likely N-dealkylation sites (tertiary alicyclic amines) is 1. The summed E-state index contributed by atoms with van der Waals surface area (Å²) in [5.74, 6) is -1.39. The first-order valence-electron chi connectivity index (χ1n) is 12.1. The Bertz CT molecular complexity index is 1420. The molecule has 0 aromatic heterocycles. The Morgan fingerprint density at radius 3 is 2.05 bits per heavy atom. The fourth-order valence-corrected chi connectivity index (χ4v) is 6.63. The first-order valence-corrected chi connectivity index (χ1v) is 15.3. The predicted octanol–water partition coefficient (Wildman–Crippen LogP) is 4.82. The molecule has 206 valence electrons. The number of halogens is 3. The minimum absolute atomic E-state index is 0.0691. The number of rotatable bonds is 10. The van der Waals surface area contributed by atoms with Gasteiger partial charge in [-0.15, -0.1) is 0 Å². The third-order valence-electron chi connectivity index (χ3n) is 6.38. The molecule has 1 aliphatic heterocycles. The van der Waals surface area contributed by atoms with Crippen molar-refractivity contribution in [3.05, 3.63) is 97.9 Å². The van der Waals surface area contributed by atoms with E-state index in [9.17, 15) is 18.0 Å². The third kappa shape index (κ3) is 7.73. The molecular formula is C27H27BrCl2N4O4S. The van der Waals surface area contributed by atoms with Crippen LogP contribution in [-0.4, -0.2) is 50.0 Å². The van der Waals surface area contributed by atoms with Crippen LogP contribution in [0.5, 0.6) is 0 Å². The zero-order valence-corrected chi connectivity index (χ0v) is 24.8. The van der Waals surface area contributed by atoms with Crippen LogP contribution in [0.3, 0.4) is 0 Å². The van der Waals surface area contributed by atoms with Gasteiger partial charge >= 0.3 is 0 Å². The zero-order valence-electron chi connectivity index (χ0n) is 20.9. The molecule has 2 amide bonds. The van der Waals surface area contributed by atoms with E-state index in [0.29, 0.717) is 27.6 Å². The van der Waals surface area contributed by atoms with Crippen LogP contribution in [0.1, 0.15) is 34.5 Å². The number of amides is 2. The van der Waals surface area contributed by atoms with Crippen molar-refractivity contribution >= 4 is 66.7 Å². The molecule has 8 nitrogen and oxygen atoms in total. The summed E-state index contributed by atoms with van der Waals surface area (Å²) < 4.78 is 29.1. The first kappa shape index (κ1) is 29.4. The molecule has 3 aromatic rings. The van der Waals surface area contributed by atoms with Gasteiger partial charge in [-0.05, 0) is 60.5 Å². The van der Waals surface area contributed by atoms with E-state index < -0.39 is 27.9 Å². The van der Waals surface area contributed by atoms with Gasteiger partial charge in [0, 0.05) is 39.1 Å². The molecule has 39 heavy (non-hydrogen) atoms. The molecule has 0 saturated carbocycles. The second kappa shape index (κ2) is 12.3. The molecule has 4 rings (SSSR count). The van der Waals surface area contributed by atoms with E-state index >= 15 is 0 Å². The van der Waals surface area contributed by atoms with E-state index in [1.54, 1.807) is 6.07 Å². The Labute approximate surface area is 246 Å². The molecule has 1 fully saturated rings. The average Bonchev–Trinajstić information content (AvgIpc) is 2.83. The van der Waals surface area contributed by atoms with Gasteiger partial charge in [0.15, 0.2) is 0 Å². The van der Waals surface area contributed by atoms with Crippen molar-refractivity contribution in [1.82, 2.24) is 10.2 Å². The second-order valence-corrected chi connectivity index (χ2v) is 13.1. The quantitative estimate of drug-likeness (QED) is 0.290. The smallest absolute Gasteiger partial charge is 0.252 e. The molecule has 1 heterocycles. The lowest BCUT2D eigenvalue weighted by molar-refractivity contribution is -0.119. The van der Waals surface area contributed by atoms with Gasteiger partial charge in [-0.25, -0.2) is 8.42 Å². The van der Waals surface area contributed by atoms with Gasteiger partial charge in [0.25, 0.3) is 5.91 Å². The summed E-state index contributed by atoms with van der Waals surface area (Å²) in [6, 6.07) is 18.8. The minimum atomic E-state index is -3.72. The average molecular weight is 654 g/mol. The molecule has 0 aliphatic carbocycles. The molecular weight excluding hydrogens is 627 g/mol. The normalized spacial score (nSPS) is 15.0. The highest BCUT2D eigenvalue weighted by atomic mass is 79.9. The number of benzene rings is 3. The maximum Gasteiger partial charge on any atom is 0.252 e. The van der Waals surface area contributed by atoms with E-state index in [4.69, 9.17) is 28.9 Å². The number of carbonyl (C=O) groups is 2. The lowest BCUT2D eigenvalue weighted by Crippen LogP contribution is -2.51. The summed E-state index contributed by atoms with van der Waals surface area (Å²) >= 11 is 15.5. The van der Waals surface area contributed by atoms with Crippen LogP contribution in [0.4, 0.5) is 5.69 Å². The van der Waals surface area contributed by atoms with Crippen molar-refractivity contribution in [2.75, 3.05) is 23.6 Å². The van der Waals surface area contributed by atoms with Gasteiger partial charge in [0.2, 0.25) is 15.9 Å². The fourth-order valence-electron chi connectivity index (χ4n) is 4.49. The van der Waals surface area contributed by atoms with E-state index in [1.807, 2.05) is 48.5 Å². The van der Waals surface area contributed by atoms with E-state index in [1.165, 1.54) is 19.1 Å². The van der Waals surface area contributed by atoms with Crippen LogP contribution < -0.4 is 15.8 Å². The van der Waals surface area contributed by atoms with Gasteiger partial charge in [-0.1, -0.05) is 63.4 Å². The van der Waals surface area contributed by atoms with Crippen LogP contribution >= 0.6 is 39.1 Å². The van der Waals surface area contributed by atoms with Crippen molar-refractivity contribution in [3.63, 3.8) is 0 Å². The number of anilines is 1. The van der Waals surface area contributed by atoms with E-state index in [-0.39, 0.29) is 29.0 Å². The zero-order chi connectivity index (χ0) is 28.3. The third-order valence-corrected chi connectivity index (χ3v) is 8.80. The molecule has 0 spiro atoms. The highest BCUT2D eigenvalue weighted by Gasteiger charge is 2.36. The largest absolute Gasteiger partial charge is 0.368 e. The number of nitrogens with one attached hydrogen (secondary N) is 2. The van der Waals surface area contributed by atoms with Crippen molar-refractivity contribution in [1.29, 1.82) is 0 Å². The maximum atomic E-state index is 13.0. The fraction of sp³-hybridized carbons (Fsp3) is 0.259. The molecule has 12 heteroatoms. The molecule has 4 N–H and O–H groups in total. The molecule has 1 saturated heterocycles. The Kier molecular flexibility index (Phi) is 9.23. The lowest BCUT2D eigenvalue weighted by Gasteiger charge is -2.44. The highest BCUT2D eigenvalue weighted by molar-refractivity contribution is 9.10.